The molecule has 9 heteroatoms. The predicted molar refractivity (Wildman–Crippen MR) is 79.8 cm³/mol. The summed E-state index contributed by atoms with van der Waals surface area (Å²) in [5.74, 6) is 0. The molecule has 0 aliphatic heterocycles. The van der Waals surface area contributed by atoms with Crippen LogP contribution in [-0.4, -0.2) is 42.1 Å². The number of nitro benzene ring substituents is 1. The van der Waals surface area contributed by atoms with Gasteiger partial charge in [0.1, 0.15) is 5.16 Å². The molecule has 22 heavy (non-hydrogen) atoms. The highest BCUT2D eigenvalue weighted by Crippen LogP contribution is 2.61. The smallest absolute Gasteiger partial charge is 0.336 e. The number of nitrogens with zero attached hydrogens (tertiary/aromatic N) is 1. The van der Waals surface area contributed by atoms with Crippen molar-refractivity contribution >= 4 is 13.3 Å². The first-order valence-corrected chi connectivity index (χ1v) is 8.18. The van der Waals surface area contributed by atoms with Crippen molar-refractivity contribution in [1.82, 2.24) is 0 Å². The average Bonchev–Trinajstić information content (AvgIpc) is 2.46. The minimum atomic E-state index is -4.56. The Kier molecular flexibility index (Phi) is 6.65. The third kappa shape index (κ3) is 4.12. The third-order valence-corrected chi connectivity index (χ3v) is 5.43. The van der Waals surface area contributed by atoms with E-state index in [2.05, 4.69) is 0 Å². The van der Waals surface area contributed by atoms with E-state index in [1.165, 1.54) is 38.5 Å². The van der Waals surface area contributed by atoms with Crippen molar-refractivity contribution < 1.29 is 28.7 Å². The maximum atomic E-state index is 12.1. The average molecular weight is 333 g/mol. The SMILES string of the molecule is COCCC(CCOC)(c1ccc([N+](=O)[O-])cc1)P(=O)(O)O. The molecule has 0 radical (unpaired) electrons. The highest BCUT2D eigenvalue weighted by atomic mass is 31.2. The summed E-state index contributed by atoms with van der Waals surface area (Å²) in [6.45, 7) is 0.289. The summed E-state index contributed by atoms with van der Waals surface area (Å²) in [4.78, 5) is 29.9. The topological polar surface area (TPSA) is 119 Å². The van der Waals surface area contributed by atoms with Crippen LogP contribution in [0.5, 0.6) is 0 Å². The molecule has 0 aliphatic rings. The van der Waals surface area contributed by atoms with E-state index in [-0.39, 0.29) is 31.7 Å². The standard InChI is InChI=1S/C13H20NO7P/c1-20-9-7-13(8-10-21-2,22(17,18)19)11-3-5-12(6-4-11)14(15)16/h3-6H,7-10H2,1-2H3,(H2,17,18,19). The van der Waals surface area contributed by atoms with Crippen LogP contribution in [0.25, 0.3) is 0 Å². The van der Waals surface area contributed by atoms with Crippen molar-refractivity contribution in [3.05, 3.63) is 39.9 Å². The largest absolute Gasteiger partial charge is 0.385 e. The second-order valence-electron chi connectivity index (χ2n) is 4.87. The molecule has 0 spiro atoms. The molecule has 0 aromatic heterocycles. The number of hydrogen-bond donors (Lipinski definition) is 2. The Labute approximate surface area is 128 Å². The molecule has 0 heterocycles. The van der Waals surface area contributed by atoms with Gasteiger partial charge in [0.25, 0.3) is 5.69 Å². The lowest BCUT2D eigenvalue weighted by molar-refractivity contribution is -0.384. The lowest BCUT2D eigenvalue weighted by Crippen LogP contribution is -2.29. The molecule has 124 valence electrons. The number of non-ortho nitro benzene ring substituents is 1. The number of rotatable bonds is 9. The molecule has 0 amide bonds. The molecule has 0 unspecified atom stereocenters. The van der Waals surface area contributed by atoms with Gasteiger partial charge in [0.05, 0.1) is 4.92 Å². The van der Waals surface area contributed by atoms with Gasteiger partial charge in [-0.05, 0) is 18.4 Å². The van der Waals surface area contributed by atoms with E-state index < -0.39 is 17.7 Å². The van der Waals surface area contributed by atoms with Crippen molar-refractivity contribution in [2.45, 2.75) is 18.0 Å². The van der Waals surface area contributed by atoms with E-state index in [4.69, 9.17) is 9.47 Å². The lowest BCUT2D eigenvalue weighted by Gasteiger charge is -2.34. The Morgan fingerprint density at radius 2 is 1.59 bits per heavy atom. The second kappa shape index (κ2) is 7.80. The predicted octanol–water partition coefficient (Wildman–Crippen LogP) is 2.04. The molecule has 0 bridgehead atoms. The molecule has 1 aromatic carbocycles. The molecule has 0 saturated carbocycles. The fraction of sp³-hybridized carbons (Fsp3) is 0.538. The molecule has 0 saturated heterocycles. The molecule has 8 nitrogen and oxygen atoms in total. The summed E-state index contributed by atoms with van der Waals surface area (Å²) in [5, 5.41) is 9.22. The van der Waals surface area contributed by atoms with Gasteiger partial charge in [0, 0.05) is 39.6 Å². The third-order valence-electron chi connectivity index (χ3n) is 3.61. The molecular weight excluding hydrogens is 313 g/mol. The molecular formula is C13H20NO7P. The molecule has 0 atom stereocenters. The number of nitro groups is 1. The number of benzene rings is 1. The number of ether oxygens (including phenoxy) is 2. The van der Waals surface area contributed by atoms with Gasteiger partial charge in [0.15, 0.2) is 0 Å². The Bertz CT molecular complexity index is 532. The van der Waals surface area contributed by atoms with Gasteiger partial charge in [-0.1, -0.05) is 12.1 Å². The zero-order valence-corrected chi connectivity index (χ0v) is 13.4. The highest BCUT2D eigenvalue weighted by molar-refractivity contribution is 7.53. The first kappa shape index (κ1) is 18.7. The fourth-order valence-electron chi connectivity index (χ4n) is 2.31. The second-order valence-corrected chi connectivity index (χ2v) is 6.81. The van der Waals surface area contributed by atoms with Crippen LogP contribution in [0.15, 0.2) is 24.3 Å². The van der Waals surface area contributed by atoms with Crippen LogP contribution < -0.4 is 0 Å². The summed E-state index contributed by atoms with van der Waals surface area (Å²) in [6, 6.07) is 5.23. The quantitative estimate of drug-likeness (QED) is 0.403. The van der Waals surface area contributed by atoms with E-state index in [0.717, 1.165) is 0 Å². The van der Waals surface area contributed by atoms with Crippen LogP contribution in [0, 0.1) is 10.1 Å². The van der Waals surface area contributed by atoms with Crippen molar-refractivity contribution in [3.63, 3.8) is 0 Å². The van der Waals surface area contributed by atoms with Gasteiger partial charge in [-0.15, -0.1) is 0 Å². The Balaban J connectivity index is 3.32. The van der Waals surface area contributed by atoms with Gasteiger partial charge in [0.2, 0.25) is 0 Å². The minimum Gasteiger partial charge on any atom is -0.385 e. The number of hydrogen-bond acceptors (Lipinski definition) is 5. The molecule has 0 fully saturated rings. The van der Waals surface area contributed by atoms with Crippen molar-refractivity contribution in [2.24, 2.45) is 0 Å². The van der Waals surface area contributed by atoms with E-state index in [1.807, 2.05) is 0 Å². The Morgan fingerprint density at radius 3 is 1.91 bits per heavy atom. The molecule has 2 N–H and O–H groups in total. The van der Waals surface area contributed by atoms with Gasteiger partial charge < -0.3 is 19.3 Å². The van der Waals surface area contributed by atoms with Gasteiger partial charge in [-0.3, -0.25) is 14.7 Å². The Morgan fingerprint density at radius 1 is 1.14 bits per heavy atom. The lowest BCUT2D eigenvalue weighted by atomic mass is 9.91. The first-order valence-electron chi connectivity index (χ1n) is 6.57. The highest BCUT2D eigenvalue weighted by Gasteiger charge is 2.47. The van der Waals surface area contributed by atoms with Gasteiger partial charge in [-0.2, -0.15) is 0 Å². The molecule has 1 aromatic rings. The van der Waals surface area contributed by atoms with Crippen LogP contribution in [0.3, 0.4) is 0 Å². The van der Waals surface area contributed by atoms with Gasteiger partial charge >= 0.3 is 7.60 Å². The van der Waals surface area contributed by atoms with E-state index in [1.54, 1.807) is 0 Å². The normalized spacial score (nSPS) is 12.4. The first-order chi connectivity index (χ1) is 10.3. The Hall–Kier alpha value is -1.31. The van der Waals surface area contributed by atoms with Crippen LogP contribution in [0.1, 0.15) is 18.4 Å². The zero-order chi connectivity index (χ0) is 16.8. The van der Waals surface area contributed by atoms with Crippen molar-refractivity contribution in [2.75, 3.05) is 27.4 Å². The van der Waals surface area contributed by atoms with Gasteiger partial charge in [-0.25, -0.2) is 0 Å². The summed E-state index contributed by atoms with van der Waals surface area (Å²) in [6.07, 6.45) is 0.157. The van der Waals surface area contributed by atoms with E-state index in [0.29, 0.717) is 5.56 Å². The maximum Gasteiger partial charge on any atom is 0.336 e. The van der Waals surface area contributed by atoms with Crippen molar-refractivity contribution in [3.8, 4) is 0 Å². The van der Waals surface area contributed by atoms with Crippen molar-refractivity contribution in [1.29, 1.82) is 0 Å². The maximum absolute atomic E-state index is 12.1. The summed E-state index contributed by atoms with van der Waals surface area (Å²) in [7, 11) is -1.67. The molecule has 1 rings (SSSR count). The van der Waals surface area contributed by atoms with Crippen LogP contribution in [0.2, 0.25) is 0 Å². The fourth-order valence-corrected chi connectivity index (χ4v) is 3.56. The zero-order valence-electron chi connectivity index (χ0n) is 12.5. The minimum absolute atomic E-state index is 0.0783. The van der Waals surface area contributed by atoms with E-state index >= 15 is 0 Å². The monoisotopic (exact) mass is 333 g/mol. The summed E-state index contributed by atoms with van der Waals surface area (Å²) < 4.78 is 22.1. The van der Waals surface area contributed by atoms with E-state index in [9.17, 15) is 24.5 Å². The molecule has 0 aliphatic carbocycles. The summed E-state index contributed by atoms with van der Waals surface area (Å²) >= 11 is 0. The number of methoxy groups -OCH3 is 2. The van der Waals surface area contributed by atoms with Crippen LogP contribution in [-0.2, 0) is 19.2 Å². The summed E-state index contributed by atoms with van der Waals surface area (Å²) in [5.41, 5.74) is 0.197. The van der Waals surface area contributed by atoms with Crippen LogP contribution >= 0.6 is 7.60 Å². The van der Waals surface area contributed by atoms with Crippen LogP contribution in [0.4, 0.5) is 5.69 Å².